The highest BCUT2D eigenvalue weighted by Crippen LogP contribution is 2.29. The lowest BCUT2D eigenvalue weighted by Gasteiger charge is -2.10. The summed E-state index contributed by atoms with van der Waals surface area (Å²) in [6.45, 7) is 2.94. The lowest BCUT2D eigenvalue weighted by Crippen LogP contribution is -2.32. The monoisotopic (exact) mass is 446 g/mol. The maximum Gasteiger partial charge on any atom is 0.233 e. The molecule has 1 unspecified atom stereocenters. The van der Waals surface area contributed by atoms with Crippen LogP contribution in [0.5, 0.6) is 5.75 Å². The Bertz CT molecular complexity index is 948. The van der Waals surface area contributed by atoms with E-state index in [9.17, 15) is 9.18 Å². The van der Waals surface area contributed by atoms with Gasteiger partial charge in [0.1, 0.15) is 11.6 Å². The van der Waals surface area contributed by atoms with Gasteiger partial charge in [-0.05, 0) is 48.7 Å². The van der Waals surface area contributed by atoms with Crippen molar-refractivity contribution < 1.29 is 13.9 Å². The lowest BCUT2D eigenvalue weighted by atomic mass is 10.1. The second-order valence-electron chi connectivity index (χ2n) is 6.50. The number of halogens is 1. The second kappa shape index (κ2) is 10.9. The van der Waals surface area contributed by atoms with E-state index in [1.807, 2.05) is 31.2 Å². The molecule has 2 aromatic carbocycles. The molecular formula is C21H23FN4O2S2. The van der Waals surface area contributed by atoms with Crippen molar-refractivity contribution in [2.75, 3.05) is 19.0 Å². The van der Waals surface area contributed by atoms with Crippen LogP contribution in [-0.4, -0.2) is 35.0 Å². The van der Waals surface area contributed by atoms with Crippen molar-refractivity contribution in [1.82, 2.24) is 15.5 Å². The molecule has 6 nitrogen and oxygen atoms in total. The van der Waals surface area contributed by atoms with Crippen LogP contribution < -0.4 is 15.4 Å². The van der Waals surface area contributed by atoms with Gasteiger partial charge in [-0.15, -0.1) is 10.2 Å². The van der Waals surface area contributed by atoms with Crippen molar-refractivity contribution in [2.45, 2.75) is 29.5 Å². The number of hydrogen-bond donors (Lipinski definition) is 2. The van der Waals surface area contributed by atoms with E-state index < -0.39 is 0 Å². The predicted molar refractivity (Wildman–Crippen MR) is 119 cm³/mol. The van der Waals surface area contributed by atoms with Crippen LogP contribution in [0.2, 0.25) is 0 Å². The van der Waals surface area contributed by atoms with Crippen molar-refractivity contribution in [3.05, 3.63) is 65.5 Å². The predicted octanol–water partition coefficient (Wildman–Crippen LogP) is 4.14. The van der Waals surface area contributed by atoms with Gasteiger partial charge in [-0.1, -0.05) is 47.4 Å². The number of hydrogen-bond acceptors (Lipinski definition) is 7. The third-order valence-corrected chi connectivity index (χ3v) is 6.35. The second-order valence-corrected chi connectivity index (χ2v) is 9.07. The summed E-state index contributed by atoms with van der Waals surface area (Å²) < 4.78 is 18.8. The van der Waals surface area contributed by atoms with Gasteiger partial charge in [0.25, 0.3) is 0 Å². The number of methoxy groups -OCH3 is 1. The summed E-state index contributed by atoms with van der Waals surface area (Å²) in [7, 11) is 1.64. The summed E-state index contributed by atoms with van der Waals surface area (Å²) in [5, 5.41) is 14.7. The first kappa shape index (κ1) is 22.0. The summed E-state index contributed by atoms with van der Waals surface area (Å²) in [4.78, 5) is 12.3. The van der Waals surface area contributed by atoms with E-state index in [2.05, 4.69) is 20.8 Å². The number of ether oxygens (including phenoxy) is 1. The van der Waals surface area contributed by atoms with Crippen LogP contribution in [0, 0.1) is 5.82 Å². The number of nitrogens with one attached hydrogen (secondary N) is 2. The van der Waals surface area contributed by atoms with Gasteiger partial charge < -0.3 is 15.4 Å². The average molecular weight is 447 g/mol. The van der Waals surface area contributed by atoms with Crippen molar-refractivity contribution in [2.24, 2.45) is 0 Å². The van der Waals surface area contributed by atoms with Crippen molar-refractivity contribution in [3.8, 4) is 5.75 Å². The standard InChI is InChI=1S/C21H23FN4O2S2/c1-14(19(27)23-12-11-15-5-9-18(28-2)10-6-15)29-21-26-25-20(30-21)24-13-16-3-7-17(22)8-4-16/h3-10,14H,11-13H2,1-2H3,(H,23,27)(H,24,25). The van der Waals surface area contributed by atoms with Crippen LogP contribution in [-0.2, 0) is 17.8 Å². The van der Waals surface area contributed by atoms with Gasteiger partial charge in [0.05, 0.1) is 12.4 Å². The van der Waals surface area contributed by atoms with Crippen molar-refractivity contribution in [3.63, 3.8) is 0 Å². The minimum absolute atomic E-state index is 0.0375. The zero-order valence-electron chi connectivity index (χ0n) is 16.7. The summed E-state index contributed by atoms with van der Waals surface area (Å²) in [5.74, 6) is 0.519. The van der Waals surface area contributed by atoms with Crippen LogP contribution in [0.15, 0.2) is 52.9 Å². The van der Waals surface area contributed by atoms with Crippen LogP contribution >= 0.6 is 23.1 Å². The molecule has 1 heterocycles. The normalized spacial score (nSPS) is 11.7. The Morgan fingerprint density at radius 3 is 2.53 bits per heavy atom. The third kappa shape index (κ3) is 6.70. The van der Waals surface area contributed by atoms with Gasteiger partial charge in [-0.2, -0.15) is 0 Å². The molecule has 0 saturated carbocycles. The highest BCUT2D eigenvalue weighted by molar-refractivity contribution is 8.02. The highest BCUT2D eigenvalue weighted by Gasteiger charge is 2.17. The number of amides is 1. The maximum atomic E-state index is 13.0. The Labute approximate surface area is 183 Å². The zero-order valence-corrected chi connectivity index (χ0v) is 18.4. The maximum absolute atomic E-state index is 13.0. The molecule has 158 valence electrons. The summed E-state index contributed by atoms with van der Waals surface area (Å²) >= 11 is 2.76. The van der Waals surface area contributed by atoms with E-state index in [1.54, 1.807) is 19.2 Å². The molecule has 1 atom stereocenters. The number of rotatable bonds is 10. The molecule has 0 saturated heterocycles. The Kier molecular flexibility index (Phi) is 8.04. The Morgan fingerprint density at radius 2 is 1.83 bits per heavy atom. The number of anilines is 1. The van der Waals surface area contributed by atoms with Gasteiger partial charge in [-0.25, -0.2) is 4.39 Å². The summed E-state index contributed by atoms with van der Waals surface area (Å²) in [6.07, 6.45) is 0.753. The molecule has 0 spiro atoms. The highest BCUT2D eigenvalue weighted by atomic mass is 32.2. The van der Waals surface area contributed by atoms with Crippen molar-refractivity contribution >= 4 is 34.1 Å². The molecular weight excluding hydrogens is 423 g/mol. The fourth-order valence-electron chi connectivity index (χ4n) is 2.58. The Hall–Kier alpha value is -2.65. The van der Waals surface area contributed by atoms with E-state index in [4.69, 9.17) is 4.74 Å². The van der Waals surface area contributed by atoms with Gasteiger partial charge in [0.2, 0.25) is 11.0 Å². The molecule has 0 bridgehead atoms. The van der Waals surface area contributed by atoms with Gasteiger partial charge in [0.15, 0.2) is 4.34 Å². The number of nitrogens with zero attached hydrogens (tertiary/aromatic N) is 2. The SMILES string of the molecule is COc1ccc(CCNC(=O)C(C)Sc2nnc(NCc3ccc(F)cc3)s2)cc1. The van der Waals surface area contributed by atoms with Gasteiger partial charge in [-0.3, -0.25) is 4.79 Å². The first-order chi connectivity index (χ1) is 14.5. The minimum atomic E-state index is -0.279. The molecule has 9 heteroatoms. The smallest absolute Gasteiger partial charge is 0.233 e. The Balaban J connectivity index is 1.40. The van der Waals surface area contributed by atoms with E-state index in [-0.39, 0.29) is 17.0 Å². The molecule has 0 fully saturated rings. The summed E-state index contributed by atoms with van der Waals surface area (Å²) in [5.41, 5.74) is 2.09. The van der Waals surface area contributed by atoms with Crippen LogP contribution in [0.3, 0.4) is 0 Å². The van der Waals surface area contributed by atoms with Crippen LogP contribution in [0.25, 0.3) is 0 Å². The minimum Gasteiger partial charge on any atom is -0.497 e. The molecule has 3 aromatic rings. The first-order valence-electron chi connectivity index (χ1n) is 9.42. The van der Waals surface area contributed by atoms with Crippen LogP contribution in [0.4, 0.5) is 9.52 Å². The fraction of sp³-hybridized carbons (Fsp3) is 0.286. The molecule has 0 aliphatic rings. The van der Waals surface area contributed by atoms with Crippen LogP contribution in [0.1, 0.15) is 18.1 Å². The average Bonchev–Trinajstić information content (AvgIpc) is 3.21. The number of carbonyl (C=O) groups excluding carboxylic acids is 1. The summed E-state index contributed by atoms with van der Waals surface area (Å²) in [6, 6.07) is 14.1. The molecule has 2 N–H and O–H groups in total. The van der Waals surface area contributed by atoms with Crippen molar-refractivity contribution in [1.29, 1.82) is 0 Å². The van der Waals surface area contributed by atoms with E-state index in [1.165, 1.54) is 35.2 Å². The molecule has 0 aliphatic heterocycles. The number of carbonyl (C=O) groups is 1. The van der Waals surface area contributed by atoms with E-state index in [0.717, 1.165) is 27.6 Å². The van der Waals surface area contributed by atoms with E-state index >= 15 is 0 Å². The molecule has 0 radical (unpaired) electrons. The topological polar surface area (TPSA) is 76.1 Å². The quantitative estimate of drug-likeness (QED) is 0.456. The largest absolute Gasteiger partial charge is 0.497 e. The third-order valence-electron chi connectivity index (χ3n) is 4.28. The van der Waals surface area contributed by atoms with E-state index in [0.29, 0.717) is 18.2 Å². The number of thioether (sulfide) groups is 1. The van der Waals surface area contributed by atoms with Gasteiger partial charge >= 0.3 is 0 Å². The number of benzene rings is 2. The molecule has 0 aliphatic carbocycles. The molecule has 1 amide bonds. The zero-order chi connectivity index (χ0) is 21.3. The molecule has 30 heavy (non-hydrogen) atoms. The Morgan fingerprint density at radius 1 is 1.13 bits per heavy atom. The van der Waals surface area contributed by atoms with Gasteiger partial charge in [0, 0.05) is 13.1 Å². The number of aromatic nitrogens is 2. The molecule has 3 rings (SSSR count). The first-order valence-corrected chi connectivity index (χ1v) is 11.1. The molecule has 1 aromatic heterocycles. The fourth-order valence-corrected chi connectivity index (χ4v) is 4.50. The lowest BCUT2D eigenvalue weighted by molar-refractivity contribution is -0.120.